The fourth-order valence-electron chi connectivity index (χ4n) is 4.61. The quantitative estimate of drug-likeness (QED) is 0.838. The van der Waals surface area contributed by atoms with Gasteiger partial charge in [-0.05, 0) is 58.0 Å². The molecular weight excluding hydrogens is 288 g/mol. The van der Waals surface area contributed by atoms with Crippen molar-refractivity contribution in [1.29, 1.82) is 0 Å². The van der Waals surface area contributed by atoms with Gasteiger partial charge in [0, 0.05) is 37.4 Å². The Morgan fingerprint density at radius 2 is 1.74 bits per heavy atom. The zero-order valence-electron chi connectivity index (χ0n) is 14.3. The molecule has 5 heteroatoms. The molecule has 23 heavy (non-hydrogen) atoms. The van der Waals surface area contributed by atoms with E-state index in [-0.39, 0.29) is 5.91 Å². The Labute approximate surface area is 138 Å². The van der Waals surface area contributed by atoms with Crippen LogP contribution in [0.2, 0.25) is 0 Å². The van der Waals surface area contributed by atoms with Crippen LogP contribution < -0.4 is 0 Å². The van der Waals surface area contributed by atoms with E-state index in [1.165, 1.54) is 50.0 Å². The highest BCUT2D eigenvalue weighted by Gasteiger charge is 2.33. The van der Waals surface area contributed by atoms with Crippen LogP contribution in [0.5, 0.6) is 0 Å². The van der Waals surface area contributed by atoms with Gasteiger partial charge >= 0.3 is 0 Å². The van der Waals surface area contributed by atoms with Crippen molar-refractivity contribution < 1.29 is 4.79 Å². The minimum absolute atomic E-state index is 0.165. The van der Waals surface area contributed by atoms with Gasteiger partial charge in [-0.1, -0.05) is 6.42 Å². The molecule has 1 amide bonds. The van der Waals surface area contributed by atoms with E-state index in [0.29, 0.717) is 6.04 Å². The number of fused-ring (bicyclic) bond motifs is 1. The fourth-order valence-corrected chi connectivity index (χ4v) is 4.61. The van der Waals surface area contributed by atoms with Crippen molar-refractivity contribution in [1.82, 2.24) is 19.6 Å². The van der Waals surface area contributed by atoms with Crippen molar-refractivity contribution in [3.63, 3.8) is 0 Å². The van der Waals surface area contributed by atoms with Crippen LogP contribution in [0.3, 0.4) is 0 Å². The second-order valence-electron chi connectivity index (χ2n) is 7.39. The number of hydrogen-bond acceptors (Lipinski definition) is 3. The molecular formula is C18H28N4O. The number of piperidine rings is 1. The number of carbonyl (C=O) groups is 1. The summed E-state index contributed by atoms with van der Waals surface area (Å²) >= 11 is 0. The smallest absolute Gasteiger partial charge is 0.274 e. The predicted octanol–water partition coefficient (Wildman–Crippen LogP) is 2.00. The molecule has 0 bridgehead atoms. The van der Waals surface area contributed by atoms with Crippen molar-refractivity contribution >= 4 is 5.91 Å². The average Bonchev–Trinajstić information content (AvgIpc) is 3.23. The van der Waals surface area contributed by atoms with E-state index in [1.54, 1.807) is 0 Å². The minimum atomic E-state index is 0.165. The molecule has 0 unspecified atom stereocenters. The van der Waals surface area contributed by atoms with Crippen LogP contribution in [-0.2, 0) is 19.9 Å². The first-order chi connectivity index (χ1) is 11.2. The molecule has 5 nitrogen and oxygen atoms in total. The summed E-state index contributed by atoms with van der Waals surface area (Å²) in [7, 11) is 2.00. The van der Waals surface area contributed by atoms with Gasteiger partial charge in [0.05, 0.1) is 0 Å². The molecule has 0 saturated carbocycles. The van der Waals surface area contributed by atoms with Gasteiger partial charge in [-0.3, -0.25) is 9.48 Å². The number of hydrogen-bond donors (Lipinski definition) is 0. The number of carbonyl (C=O) groups excluding carboxylic acids is 1. The van der Waals surface area contributed by atoms with Gasteiger partial charge in [0.2, 0.25) is 0 Å². The molecule has 1 atom stereocenters. The molecule has 2 aliphatic heterocycles. The normalized spacial score (nSPS) is 25.6. The van der Waals surface area contributed by atoms with E-state index in [9.17, 15) is 4.79 Å². The lowest BCUT2D eigenvalue weighted by atomic mass is 9.89. The van der Waals surface area contributed by atoms with Crippen LogP contribution in [0.4, 0.5) is 0 Å². The first-order valence-electron chi connectivity index (χ1n) is 9.32. The molecule has 0 spiro atoms. The standard InChI is InChI=1S/C18H28N4O/c1-20-16-8-7-14(21-9-3-2-4-10-21)13-15(16)17(19-20)18(23)22-11-5-6-12-22/h14H,2-13H2,1H3/t14-/m0/s1. The zero-order valence-corrected chi connectivity index (χ0v) is 14.3. The Morgan fingerprint density at radius 3 is 2.48 bits per heavy atom. The van der Waals surface area contributed by atoms with E-state index in [0.717, 1.165) is 44.5 Å². The van der Waals surface area contributed by atoms with E-state index in [4.69, 9.17) is 0 Å². The van der Waals surface area contributed by atoms with E-state index < -0.39 is 0 Å². The first kappa shape index (κ1) is 15.2. The maximum Gasteiger partial charge on any atom is 0.274 e. The molecule has 1 aromatic heterocycles. The number of rotatable bonds is 2. The lowest BCUT2D eigenvalue weighted by Crippen LogP contribution is -2.42. The molecule has 0 aromatic carbocycles. The third-order valence-electron chi connectivity index (χ3n) is 5.93. The summed E-state index contributed by atoms with van der Waals surface area (Å²) in [6.45, 7) is 4.27. The molecule has 0 N–H and O–H groups in total. The number of amides is 1. The highest BCUT2D eigenvalue weighted by molar-refractivity contribution is 5.94. The molecule has 0 radical (unpaired) electrons. The predicted molar refractivity (Wildman–Crippen MR) is 89.6 cm³/mol. The van der Waals surface area contributed by atoms with Crippen molar-refractivity contribution in [3.8, 4) is 0 Å². The summed E-state index contributed by atoms with van der Waals surface area (Å²) in [5.74, 6) is 0.165. The summed E-state index contributed by atoms with van der Waals surface area (Å²) in [6.07, 6.45) is 9.59. The SMILES string of the molecule is Cn1nc(C(=O)N2CCCC2)c2c1CC[C@H](N1CCCCC1)C2. The maximum atomic E-state index is 12.9. The first-order valence-corrected chi connectivity index (χ1v) is 9.32. The largest absolute Gasteiger partial charge is 0.337 e. The number of nitrogens with zero attached hydrogens (tertiary/aromatic N) is 4. The van der Waals surface area contributed by atoms with Gasteiger partial charge in [-0.2, -0.15) is 5.10 Å². The molecule has 2 saturated heterocycles. The van der Waals surface area contributed by atoms with Crippen LogP contribution in [0.15, 0.2) is 0 Å². The van der Waals surface area contributed by atoms with Gasteiger partial charge < -0.3 is 9.80 Å². The molecule has 1 aliphatic carbocycles. The molecule has 4 rings (SSSR count). The van der Waals surface area contributed by atoms with Gasteiger partial charge in [-0.15, -0.1) is 0 Å². The average molecular weight is 316 g/mol. The Hall–Kier alpha value is -1.36. The lowest BCUT2D eigenvalue weighted by molar-refractivity contribution is 0.0784. The summed E-state index contributed by atoms with van der Waals surface area (Å²) < 4.78 is 1.96. The van der Waals surface area contributed by atoms with Crippen LogP contribution in [0.1, 0.15) is 60.3 Å². The van der Waals surface area contributed by atoms with Crippen LogP contribution in [-0.4, -0.2) is 57.7 Å². The van der Waals surface area contributed by atoms with Gasteiger partial charge in [0.1, 0.15) is 0 Å². The third kappa shape index (κ3) is 2.80. The van der Waals surface area contributed by atoms with E-state index in [1.807, 2.05) is 16.6 Å². The maximum absolute atomic E-state index is 12.9. The molecule has 126 valence electrons. The van der Waals surface area contributed by atoms with E-state index in [2.05, 4.69) is 10.00 Å². The van der Waals surface area contributed by atoms with Crippen molar-refractivity contribution in [2.75, 3.05) is 26.2 Å². The highest BCUT2D eigenvalue weighted by Crippen LogP contribution is 2.29. The number of aromatic nitrogens is 2. The highest BCUT2D eigenvalue weighted by atomic mass is 16.2. The second kappa shape index (κ2) is 6.27. The zero-order chi connectivity index (χ0) is 15.8. The van der Waals surface area contributed by atoms with E-state index >= 15 is 0 Å². The van der Waals surface area contributed by atoms with Crippen molar-refractivity contribution in [3.05, 3.63) is 17.0 Å². The lowest BCUT2D eigenvalue weighted by Gasteiger charge is -2.37. The van der Waals surface area contributed by atoms with Gasteiger partial charge in [-0.25, -0.2) is 0 Å². The molecule has 3 heterocycles. The monoisotopic (exact) mass is 316 g/mol. The Balaban J connectivity index is 1.57. The second-order valence-corrected chi connectivity index (χ2v) is 7.39. The number of likely N-dealkylation sites (tertiary alicyclic amines) is 2. The Bertz CT molecular complexity index is 582. The summed E-state index contributed by atoms with van der Waals surface area (Å²) in [5, 5.41) is 4.62. The van der Waals surface area contributed by atoms with Gasteiger partial charge in [0.25, 0.3) is 5.91 Å². The van der Waals surface area contributed by atoms with Crippen LogP contribution in [0.25, 0.3) is 0 Å². The Morgan fingerprint density at radius 1 is 1.04 bits per heavy atom. The topological polar surface area (TPSA) is 41.4 Å². The summed E-state index contributed by atoms with van der Waals surface area (Å²) in [4.78, 5) is 17.5. The van der Waals surface area contributed by atoms with Crippen LogP contribution in [0, 0.1) is 0 Å². The summed E-state index contributed by atoms with van der Waals surface area (Å²) in [6, 6.07) is 0.608. The van der Waals surface area contributed by atoms with Crippen LogP contribution >= 0.6 is 0 Å². The van der Waals surface area contributed by atoms with Crippen molar-refractivity contribution in [2.24, 2.45) is 7.05 Å². The molecule has 1 aromatic rings. The Kier molecular flexibility index (Phi) is 4.14. The molecule has 2 fully saturated rings. The van der Waals surface area contributed by atoms with Crippen molar-refractivity contribution in [2.45, 2.75) is 57.4 Å². The third-order valence-corrected chi connectivity index (χ3v) is 5.93. The minimum Gasteiger partial charge on any atom is -0.337 e. The fraction of sp³-hybridized carbons (Fsp3) is 0.778. The van der Waals surface area contributed by atoms with Gasteiger partial charge in [0.15, 0.2) is 5.69 Å². The molecule has 3 aliphatic rings. The summed E-state index contributed by atoms with van der Waals surface area (Å²) in [5.41, 5.74) is 3.28. The number of aryl methyl sites for hydroxylation is 1.